The second-order valence-corrected chi connectivity index (χ2v) is 1.71. The fraction of sp³-hybridized carbons (Fsp3) is 0.800. The summed E-state index contributed by atoms with van der Waals surface area (Å²) in [6, 6.07) is 1.99. The van der Waals surface area contributed by atoms with E-state index in [0.717, 1.165) is 13.2 Å². The summed E-state index contributed by atoms with van der Waals surface area (Å²) in [5.74, 6) is 0. The largest absolute Gasteiger partial charge is 0.377 e. The van der Waals surface area contributed by atoms with Gasteiger partial charge >= 0.3 is 0 Å². The Morgan fingerprint density at radius 1 is 1.67 bits per heavy atom. The Morgan fingerprint density at radius 2 is 2.44 bits per heavy atom. The molecular weight excluding hydrogens is 140 g/mol. The first-order chi connectivity index (χ1) is 3.93. The van der Waals surface area contributed by atoms with Gasteiger partial charge in [0.1, 0.15) is 6.04 Å². The lowest BCUT2D eigenvalue weighted by atomic mass is 10.3. The molecule has 0 aromatic rings. The summed E-state index contributed by atoms with van der Waals surface area (Å²) in [6.07, 6.45) is 0. The average molecular weight is 149 g/mol. The van der Waals surface area contributed by atoms with Crippen LogP contribution in [0.2, 0.25) is 0 Å². The van der Waals surface area contributed by atoms with Crippen molar-refractivity contribution >= 4 is 12.4 Å². The highest BCUT2D eigenvalue weighted by molar-refractivity contribution is 5.85. The minimum atomic E-state index is -0.0799. The number of hydrogen-bond donors (Lipinski definition) is 1. The molecule has 3 nitrogen and oxygen atoms in total. The van der Waals surface area contributed by atoms with Crippen LogP contribution < -0.4 is 5.32 Å². The summed E-state index contributed by atoms with van der Waals surface area (Å²) in [7, 11) is 0. The number of nitrogens with one attached hydrogen (secondary N) is 1. The Kier molecular flexibility index (Phi) is 4.41. The van der Waals surface area contributed by atoms with E-state index in [0.29, 0.717) is 6.61 Å². The lowest BCUT2D eigenvalue weighted by Gasteiger charge is -2.16. The summed E-state index contributed by atoms with van der Waals surface area (Å²) in [5, 5.41) is 11.3. The van der Waals surface area contributed by atoms with E-state index < -0.39 is 0 Å². The van der Waals surface area contributed by atoms with Crippen molar-refractivity contribution in [2.24, 2.45) is 0 Å². The molecule has 0 bridgehead atoms. The van der Waals surface area contributed by atoms with Crippen molar-refractivity contribution in [3.8, 4) is 6.07 Å². The molecule has 0 saturated carbocycles. The minimum Gasteiger partial charge on any atom is -0.377 e. The third-order valence-electron chi connectivity index (χ3n) is 1.08. The van der Waals surface area contributed by atoms with Gasteiger partial charge in [-0.2, -0.15) is 5.26 Å². The first kappa shape index (κ1) is 8.70. The number of halogens is 1. The molecule has 0 amide bonds. The maximum absolute atomic E-state index is 8.30. The van der Waals surface area contributed by atoms with E-state index >= 15 is 0 Å². The van der Waals surface area contributed by atoms with Crippen LogP contribution >= 0.6 is 12.4 Å². The number of ether oxygens (including phenoxy) is 1. The first-order valence-electron chi connectivity index (χ1n) is 2.64. The van der Waals surface area contributed by atoms with Crippen molar-refractivity contribution in [3.05, 3.63) is 0 Å². The zero-order chi connectivity index (χ0) is 5.82. The number of rotatable bonds is 0. The standard InChI is InChI=1S/C5H8N2O.ClH/c6-3-5-4-8-2-1-7-5;/h5,7H,1-2,4H2;1H. The van der Waals surface area contributed by atoms with Crippen molar-refractivity contribution in [2.45, 2.75) is 6.04 Å². The quantitative estimate of drug-likeness (QED) is 0.523. The van der Waals surface area contributed by atoms with Crippen LogP contribution in [0.4, 0.5) is 0 Å². The molecule has 1 N–H and O–H groups in total. The Bertz CT molecular complexity index is 106. The SMILES string of the molecule is Cl.N#CC1COCCN1. The van der Waals surface area contributed by atoms with Crippen LogP contribution in [0.5, 0.6) is 0 Å². The van der Waals surface area contributed by atoms with E-state index in [1.165, 1.54) is 0 Å². The van der Waals surface area contributed by atoms with Gasteiger partial charge in [0.2, 0.25) is 0 Å². The molecule has 1 atom stereocenters. The summed E-state index contributed by atoms with van der Waals surface area (Å²) in [6.45, 7) is 2.08. The number of hydrogen-bond acceptors (Lipinski definition) is 3. The fourth-order valence-corrected chi connectivity index (χ4v) is 0.648. The maximum atomic E-state index is 8.30. The molecule has 52 valence electrons. The van der Waals surface area contributed by atoms with Gasteiger partial charge in [0.15, 0.2) is 0 Å². The van der Waals surface area contributed by atoms with Crippen LogP contribution in [0, 0.1) is 11.3 Å². The third-order valence-corrected chi connectivity index (χ3v) is 1.08. The van der Waals surface area contributed by atoms with Crippen molar-refractivity contribution < 1.29 is 4.74 Å². The smallest absolute Gasteiger partial charge is 0.119 e. The van der Waals surface area contributed by atoms with Gasteiger partial charge in [0.25, 0.3) is 0 Å². The average Bonchev–Trinajstić information content (AvgIpc) is 1.90. The summed E-state index contributed by atoms with van der Waals surface area (Å²) in [5.41, 5.74) is 0. The highest BCUT2D eigenvalue weighted by atomic mass is 35.5. The van der Waals surface area contributed by atoms with Gasteiger partial charge in [0.05, 0.1) is 19.3 Å². The molecule has 9 heavy (non-hydrogen) atoms. The number of morpholine rings is 1. The van der Waals surface area contributed by atoms with Crippen LogP contribution in [-0.4, -0.2) is 25.8 Å². The van der Waals surface area contributed by atoms with Crippen LogP contribution in [0.3, 0.4) is 0 Å². The van der Waals surface area contributed by atoms with Gasteiger partial charge in [-0.3, -0.25) is 5.32 Å². The van der Waals surface area contributed by atoms with Gasteiger partial charge in [-0.25, -0.2) is 0 Å². The topological polar surface area (TPSA) is 45.0 Å². The zero-order valence-corrected chi connectivity index (χ0v) is 5.78. The molecule has 0 radical (unpaired) electrons. The fourth-order valence-electron chi connectivity index (χ4n) is 0.648. The summed E-state index contributed by atoms with van der Waals surface area (Å²) in [4.78, 5) is 0. The van der Waals surface area contributed by atoms with Crippen LogP contribution in [0.15, 0.2) is 0 Å². The monoisotopic (exact) mass is 148 g/mol. The Labute approximate surface area is 60.4 Å². The summed E-state index contributed by atoms with van der Waals surface area (Å²) < 4.78 is 4.99. The van der Waals surface area contributed by atoms with Gasteiger partial charge in [-0.15, -0.1) is 12.4 Å². The van der Waals surface area contributed by atoms with Crippen LogP contribution in [0.25, 0.3) is 0 Å². The second kappa shape index (κ2) is 4.57. The lowest BCUT2D eigenvalue weighted by Crippen LogP contribution is -2.39. The molecule has 1 aliphatic heterocycles. The van der Waals surface area contributed by atoms with E-state index in [-0.39, 0.29) is 18.4 Å². The van der Waals surface area contributed by atoms with E-state index in [4.69, 9.17) is 10.00 Å². The number of nitriles is 1. The van der Waals surface area contributed by atoms with Crippen LogP contribution in [0.1, 0.15) is 0 Å². The molecule has 0 spiro atoms. The Balaban J connectivity index is 0.000000640. The highest BCUT2D eigenvalue weighted by Crippen LogP contribution is 1.88. The molecule has 1 fully saturated rings. The van der Waals surface area contributed by atoms with E-state index in [9.17, 15) is 0 Å². The Morgan fingerprint density at radius 3 is 2.78 bits per heavy atom. The predicted molar refractivity (Wildman–Crippen MR) is 35.5 cm³/mol. The molecule has 0 aromatic carbocycles. The zero-order valence-electron chi connectivity index (χ0n) is 4.96. The highest BCUT2D eigenvalue weighted by Gasteiger charge is 2.09. The van der Waals surface area contributed by atoms with Gasteiger partial charge in [-0.1, -0.05) is 0 Å². The molecule has 0 aliphatic carbocycles. The molecule has 1 rings (SSSR count). The lowest BCUT2D eigenvalue weighted by molar-refractivity contribution is 0.0920. The van der Waals surface area contributed by atoms with Gasteiger partial charge in [0, 0.05) is 6.54 Å². The molecule has 1 saturated heterocycles. The van der Waals surface area contributed by atoms with Crippen molar-refractivity contribution in [1.29, 1.82) is 5.26 Å². The molecular formula is C5H9ClN2O. The summed E-state index contributed by atoms with van der Waals surface area (Å²) >= 11 is 0. The molecule has 0 aromatic heterocycles. The van der Waals surface area contributed by atoms with Crippen LogP contribution in [-0.2, 0) is 4.74 Å². The van der Waals surface area contributed by atoms with E-state index in [2.05, 4.69) is 11.4 Å². The predicted octanol–water partition coefficient (Wildman–Crippen LogP) is -0.0798. The normalized spacial score (nSPS) is 25.9. The van der Waals surface area contributed by atoms with Crippen molar-refractivity contribution in [2.75, 3.05) is 19.8 Å². The third kappa shape index (κ3) is 2.66. The molecule has 4 heteroatoms. The minimum absolute atomic E-state index is 0. The molecule has 1 unspecified atom stereocenters. The number of nitrogens with zero attached hydrogens (tertiary/aromatic N) is 1. The van der Waals surface area contributed by atoms with E-state index in [1.807, 2.05) is 0 Å². The second-order valence-electron chi connectivity index (χ2n) is 1.71. The van der Waals surface area contributed by atoms with E-state index in [1.54, 1.807) is 0 Å². The molecule has 1 aliphatic rings. The Hall–Kier alpha value is -0.300. The van der Waals surface area contributed by atoms with Crippen molar-refractivity contribution in [1.82, 2.24) is 5.32 Å². The first-order valence-corrected chi connectivity index (χ1v) is 2.64. The van der Waals surface area contributed by atoms with Gasteiger partial charge in [-0.05, 0) is 0 Å². The van der Waals surface area contributed by atoms with Crippen molar-refractivity contribution in [3.63, 3.8) is 0 Å². The maximum Gasteiger partial charge on any atom is 0.119 e. The molecule has 1 heterocycles. The van der Waals surface area contributed by atoms with Gasteiger partial charge < -0.3 is 4.74 Å².